The van der Waals surface area contributed by atoms with Crippen LogP contribution in [0.5, 0.6) is 0 Å². The van der Waals surface area contributed by atoms with Crippen molar-refractivity contribution in [3.8, 4) is 66.8 Å². The molecule has 1 unspecified atom stereocenters. The molecule has 292 valence electrons. The smallest absolute Gasteiger partial charge is 0.0671 e. The monoisotopic (exact) mass is 781 g/mol. The highest BCUT2D eigenvalue weighted by molar-refractivity contribution is 6.02. The molecule has 9 rings (SSSR count). The van der Waals surface area contributed by atoms with Gasteiger partial charge >= 0.3 is 0 Å². The zero-order valence-corrected chi connectivity index (χ0v) is 34.6. The second-order valence-corrected chi connectivity index (χ2v) is 15.6. The molecule has 0 heterocycles. The van der Waals surface area contributed by atoms with Crippen LogP contribution in [-0.2, 0) is 0 Å². The molecule has 0 radical (unpaired) electrons. The fraction of sp³-hybridized carbons (Fsp3) is 0.0500. The molecule has 0 amide bonds. The van der Waals surface area contributed by atoms with Crippen LogP contribution in [0.25, 0.3) is 72.5 Å². The van der Waals surface area contributed by atoms with Crippen LogP contribution in [0.1, 0.15) is 36.5 Å². The predicted octanol–water partition coefficient (Wildman–Crippen LogP) is 16.3. The highest BCUT2D eigenvalue weighted by Gasteiger charge is 2.11. The van der Waals surface area contributed by atoms with Crippen molar-refractivity contribution in [3.63, 3.8) is 0 Å². The maximum atomic E-state index is 5.35. The van der Waals surface area contributed by atoms with E-state index < -0.39 is 0 Å². The molecule has 1 heteroatoms. The van der Waals surface area contributed by atoms with E-state index in [0.29, 0.717) is 0 Å². The SMILES string of the molecule is C/C(=N\C(=C/C(C)c1ccc(-c2ccc(-c3ccccc3)cc2)cc1)c1ccc(-c2ccc(-c3ccccc3)cc2)cc1)c1ccc(-c2ccc(-c3ccccc3)cc2)cc1. The Hall–Kier alpha value is -7.61. The molecule has 0 saturated heterocycles. The van der Waals surface area contributed by atoms with Crippen molar-refractivity contribution in [2.75, 3.05) is 0 Å². The first-order valence-corrected chi connectivity index (χ1v) is 21.1. The largest absolute Gasteiger partial charge is 0.253 e. The molecule has 61 heavy (non-hydrogen) atoms. The molecule has 0 aliphatic heterocycles. The minimum absolute atomic E-state index is 0.132. The van der Waals surface area contributed by atoms with Gasteiger partial charge in [-0.2, -0.15) is 0 Å². The molecule has 0 bridgehead atoms. The lowest BCUT2D eigenvalue weighted by Crippen LogP contribution is -1.98. The van der Waals surface area contributed by atoms with Gasteiger partial charge in [-0.15, -0.1) is 0 Å². The van der Waals surface area contributed by atoms with Crippen molar-refractivity contribution in [2.45, 2.75) is 19.8 Å². The van der Waals surface area contributed by atoms with Crippen LogP contribution >= 0.6 is 0 Å². The fourth-order valence-corrected chi connectivity index (χ4v) is 7.95. The van der Waals surface area contributed by atoms with Crippen molar-refractivity contribution >= 4 is 11.4 Å². The van der Waals surface area contributed by atoms with E-state index in [9.17, 15) is 0 Å². The van der Waals surface area contributed by atoms with Crippen LogP contribution in [0.3, 0.4) is 0 Å². The first kappa shape index (κ1) is 38.9. The van der Waals surface area contributed by atoms with E-state index in [1.165, 1.54) is 72.3 Å². The third-order valence-corrected chi connectivity index (χ3v) is 11.6. The summed E-state index contributed by atoms with van der Waals surface area (Å²) in [4.78, 5) is 5.35. The van der Waals surface area contributed by atoms with Gasteiger partial charge in [0.25, 0.3) is 0 Å². The molecule has 1 atom stereocenters. The molecule has 0 spiro atoms. The van der Waals surface area contributed by atoms with Crippen molar-refractivity contribution in [2.24, 2.45) is 4.99 Å². The van der Waals surface area contributed by atoms with Crippen LogP contribution in [0.15, 0.2) is 248 Å². The summed E-state index contributed by atoms with van der Waals surface area (Å²) < 4.78 is 0. The normalized spacial score (nSPS) is 12.2. The molecule has 0 aromatic heterocycles. The van der Waals surface area contributed by atoms with Crippen LogP contribution in [-0.4, -0.2) is 5.71 Å². The van der Waals surface area contributed by atoms with Crippen LogP contribution in [0.4, 0.5) is 0 Å². The highest BCUT2D eigenvalue weighted by Crippen LogP contribution is 2.32. The molecule has 0 fully saturated rings. The number of allylic oxidation sites excluding steroid dienone is 1. The van der Waals surface area contributed by atoms with Gasteiger partial charge in [0.15, 0.2) is 0 Å². The summed E-state index contributed by atoms with van der Waals surface area (Å²) in [5, 5.41) is 0. The zero-order valence-electron chi connectivity index (χ0n) is 34.6. The lowest BCUT2D eigenvalue weighted by atomic mass is 9.94. The van der Waals surface area contributed by atoms with Crippen molar-refractivity contribution in [1.29, 1.82) is 0 Å². The van der Waals surface area contributed by atoms with Gasteiger partial charge in [0.1, 0.15) is 0 Å². The van der Waals surface area contributed by atoms with Gasteiger partial charge in [0.05, 0.1) is 5.70 Å². The van der Waals surface area contributed by atoms with Gasteiger partial charge in [-0.3, -0.25) is 4.99 Å². The van der Waals surface area contributed by atoms with E-state index in [4.69, 9.17) is 4.99 Å². The van der Waals surface area contributed by atoms with Crippen LogP contribution in [0.2, 0.25) is 0 Å². The van der Waals surface area contributed by atoms with E-state index in [1.807, 2.05) is 0 Å². The summed E-state index contributed by atoms with van der Waals surface area (Å²) in [5.41, 5.74) is 19.8. The third kappa shape index (κ3) is 9.18. The molecule has 0 aliphatic carbocycles. The van der Waals surface area contributed by atoms with Gasteiger partial charge in [0, 0.05) is 11.6 Å². The Bertz CT molecular complexity index is 2870. The average molecular weight is 782 g/mol. The summed E-state index contributed by atoms with van der Waals surface area (Å²) in [6.45, 7) is 4.37. The number of hydrogen-bond acceptors (Lipinski definition) is 1. The van der Waals surface area contributed by atoms with E-state index in [-0.39, 0.29) is 5.92 Å². The van der Waals surface area contributed by atoms with E-state index in [2.05, 4.69) is 257 Å². The standard InChI is InChI=1S/C60H47N/c1-43(45-18-22-53(23-19-45)55-32-26-50(27-33-55)47-12-6-3-7-13-47)42-60(59-40-38-58(39-41-59)57-36-30-52(31-37-57)49-16-10-5-11-17-49)61-44(2)46-20-24-54(25-21-46)56-34-28-51(29-35-56)48-14-8-4-9-15-48/h3-43H,1-2H3/b60-42-,61-44+. The van der Waals surface area contributed by atoms with Gasteiger partial charge in [-0.05, 0) is 90.4 Å². The number of rotatable bonds is 11. The number of aliphatic imine (C=N–C) groups is 1. The third-order valence-electron chi connectivity index (χ3n) is 11.6. The van der Waals surface area contributed by atoms with Gasteiger partial charge in [-0.1, -0.05) is 250 Å². The second kappa shape index (κ2) is 18.1. The lowest BCUT2D eigenvalue weighted by molar-refractivity contribution is 0.967. The summed E-state index contributed by atoms with van der Waals surface area (Å²) in [6.07, 6.45) is 2.31. The Kier molecular flexibility index (Phi) is 11.5. The van der Waals surface area contributed by atoms with Crippen molar-refractivity contribution < 1.29 is 0 Å². The summed E-state index contributed by atoms with van der Waals surface area (Å²) >= 11 is 0. The summed E-state index contributed by atoms with van der Waals surface area (Å²) in [5.74, 6) is 0.132. The average Bonchev–Trinajstić information content (AvgIpc) is 3.35. The molecule has 0 aliphatic rings. The van der Waals surface area contributed by atoms with Gasteiger partial charge < -0.3 is 0 Å². The van der Waals surface area contributed by atoms with Crippen molar-refractivity contribution in [1.82, 2.24) is 0 Å². The summed E-state index contributed by atoms with van der Waals surface area (Å²) in [6, 6.07) is 84.7. The molecule has 0 N–H and O–H groups in total. The van der Waals surface area contributed by atoms with E-state index in [0.717, 1.165) is 22.5 Å². The molecule has 9 aromatic carbocycles. The number of hydrogen-bond donors (Lipinski definition) is 0. The minimum atomic E-state index is 0.132. The second-order valence-electron chi connectivity index (χ2n) is 15.6. The molecule has 1 nitrogen and oxygen atoms in total. The van der Waals surface area contributed by atoms with Gasteiger partial charge in [-0.25, -0.2) is 0 Å². The highest BCUT2D eigenvalue weighted by atomic mass is 14.8. The number of nitrogens with zero attached hydrogens (tertiary/aromatic N) is 1. The minimum Gasteiger partial charge on any atom is -0.253 e. The quantitative estimate of drug-likeness (QED) is 0.116. The Labute approximate surface area is 360 Å². The maximum Gasteiger partial charge on any atom is 0.0671 e. The topological polar surface area (TPSA) is 12.4 Å². The van der Waals surface area contributed by atoms with Crippen LogP contribution < -0.4 is 0 Å². The van der Waals surface area contributed by atoms with Crippen molar-refractivity contribution in [3.05, 3.63) is 259 Å². The predicted molar refractivity (Wildman–Crippen MR) is 261 cm³/mol. The lowest BCUT2D eigenvalue weighted by Gasteiger charge is -2.13. The molecular weight excluding hydrogens is 735 g/mol. The molecule has 0 saturated carbocycles. The zero-order chi connectivity index (χ0) is 41.4. The first-order chi connectivity index (χ1) is 30.0. The Morgan fingerprint density at radius 3 is 0.869 bits per heavy atom. The fourth-order valence-electron chi connectivity index (χ4n) is 7.95. The van der Waals surface area contributed by atoms with Crippen LogP contribution in [0, 0.1) is 0 Å². The summed E-state index contributed by atoms with van der Waals surface area (Å²) in [7, 11) is 0. The van der Waals surface area contributed by atoms with E-state index >= 15 is 0 Å². The Balaban J connectivity index is 0.982. The number of benzene rings is 9. The van der Waals surface area contributed by atoms with E-state index in [1.54, 1.807) is 0 Å². The van der Waals surface area contributed by atoms with Gasteiger partial charge in [0.2, 0.25) is 0 Å². The molecular formula is C60H47N. The maximum absolute atomic E-state index is 5.35. The Morgan fingerprint density at radius 1 is 0.311 bits per heavy atom. The Morgan fingerprint density at radius 2 is 0.557 bits per heavy atom. The first-order valence-electron chi connectivity index (χ1n) is 21.1. The molecule has 9 aromatic rings.